The smallest absolute Gasteiger partial charge is 0.0198 e. The maximum absolute atomic E-state index is 2.35. The van der Waals surface area contributed by atoms with Gasteiger partial charge in [0, 0.05) is 0 Å². The molecule has 24 heavy (non-hydrogen) atoms. The Kier molecular flexibility index (Phi) is 11.6. The molecule has 1 aromatic carbocycles. The number of aryl methyl sites for hydroxylation is 1. The van der Waals surface area contributed by atoms with Crippen molar-refractivity contribution < 1.29 is 0 Å². The minimum Gasteiger partial charge on any atom is -0.0667 e. The van der Waals surface area contributed by atoms with Gasteiger partial charge in [-0.15, -0.1) is 0 Å². The molecule has 0 aliphatic heterocycles. The minimum absolute atomic E-state index is 1.28. The quantitative estimate of drug-likeness (QED) is 0.318. The van der Waals surface area contributed by atoms with Gasteiger partial charge in [-0.2, -0.15) is 0 Å². The first kappa shape index (κ1) is 21.0. The van der Waals surface area contributed by atoms with Crippen molar-refractivity contribution in [2.75, 3.05) is 0 Å². The maximum atomic E-state index is 2.35. The molecule has 0 nitrogen and oxygen atoms in total. The van der Waals surface area contributed by atoms with Crippen LogP contribution < -0.4 is 0 Å². The van der Waals surface area contributed by atoms with Crippen molar-refractivity contribution in [1.82, 2.24) is 0 Å². The van der Waals surface area contributed by atoms with Crippen LogP contribution in [0.2, 0.25) is 0 Å². The molecule has 0 saturated carbocycles. The Hall–Kier alpha value is -1.04. The second-order valence-corrected chi connectivity index (χ2v) is 7.37. The van der Waals surface area contributed by atoms with E-state index in [4.69, 9.17) is 0 Å². The van der Waals surface area contributed by atoms with E-state index in [1.54, 1.807) is 11.1 Å². The average Bonchev–Trinajstić information content (AvgIpc) is 2.59. The molecule has 0 N–H and O–H groups in total. The number of hydrogen-bond acceptors (Lipinski definition) is 0. The summed E-state index contributed by atoms with van der Waals surface area (Å²) >= 11 is 0. The monoisotopic (exact) mass is 328 g/mol. The zero-order chi connectivity index (χ0) is 17.6. The van der Waals surface area contributed by atoms with Crippen molar-refractivity contribution in [2.45, 2.75) is 105 Å². The van der Waals surface area contributed by atoms with Crippen LogP contribution in [-0.2, 0) is 0 Å². The molecule has 0 aliphatic rings. The van der Waals surface area contributed by atoms with Gasteiger partial charge in [-0.25, -0.2) is 0 Å². The lowest BCUT2D eigenvalue weighted by atomic mass is 9.91. The van der Waals surface area contributed by atoms with Crippen LogP contribution in [-0.4, -0.2) is 0 Å². The first-order chi connectivity index (χ1) is 11.7. The predicted octanol–water partition coefficient (Wildman–Crippen LogP) is 8.49. The van der Waals surface area contributed by atoms with E-state index in [2.05, 4.69) is 52.0 Å². The standard InChI is InChI=1S/C24H40/c1-5-7-9-10-11-12-13-14-19-23(18-8-6-2)22(4)24-20-16-15-17-21(24)3/h15-17,20H,5-14,18-19H2,1-4H3. The second kappa shape index (κ2) is 13.3. The summed E-state index contributed by atoms with van der Waals surface area (Å²) in [5, 5.41) is 0. The third kappa shape index (κ3) is 8.18. The van der Waals surface area contributed by atoms with Gasteiger partial charge >= 0.3 is 0 Å². The van der Waals surface area contributed by atoms with Gasteiger partial charge in [0.25, 0.3) is 0 Å². The molecular weight excluding hydrogens is 288 g/mol. The molecule has 0 amide bonds. The van der Waals surface area contributed by atoms with E-state index >= 15 is 0 Å². The van der Waals surface area contributed by atoms with Crippen LogP contribution in [0.3, 0.4) is 0 Å². The molecule has 0 spiro atoms. The van der Waals surface area contributed by atoms with Crippen LogP contribution in [0.25, 0.3) is 5.57 Å². The molecule has 0 fully saturated rings. The first-order valence-electron chi connectivity index (χ1n) is 10.4. The lowest BCUT2D eigenvalue weighted by Gasteiger charge is -2.15. The lowest BCUT2D eigenvalue weighted by Crippen LogP contribution is -1.94. The zero-order valence-electron chi connectivity index (χ0n) is 16.8. The summed E-state index contributed by atoms with van der Waals surface area (Å²) in [6.07, 6.45) is 16.5. The number of allylic oxidation sites excluding steroid dienone is 2. The highest BCUT2D eigenvalue weighted by Gasteiger charge is 2.07. The van der Waals surface area contributed by atoms with Gasteiger partial charge in [0.15, 0.2) is 0 Å². The van der Waals surface area contributed by atoms with E-state index in [1.165, 1.54) is 88.2 Å². The Morgan fingerprint density at radius 3 is 1.88 bits per heavy atom. The van der Waals surface area contributed by atoms with Crippen molar-refractivity contribution >= 4 is 5.57 Å². The number of hydrogen-bond donors (Lipinski definition) is 0. The fourth-order valence-electron chi connectivity index (χ4n) is 3.55. The summed E-state index contributed by atoms with van der Waals surface area (Å²) in [5.41, 5.74) is 6.13. The van der Waals surface area contributed by atoms with Gasteiger partial charge in [-0.05, 0) is 56.2 Å². The van der Waals surface area contributed by atoms with E-state index in [-0.39, 0.29) is 0 Å². The average molecular weight is 329 g/mol. The molecule has 0 bridgehead atoms. The van der Waals surface area contributed by atoms with E-state index < -0.39 is 0 Å². The fourth-order valence-corrected chi connectivity index (χ4v) is 3.55. The van der Waals surface area contributed by atoms with Gasteiger partial charge in [0.1, 0.15) is 0 Å². The summed E-state index contributed by atoms with van der Waals surface area (Å²) in [7, 11) is 0. The Bertz CT molecular complexity index is 467. The molecule has 136 valence electrons. The van der Waals surface area contributed by atoms with Gasteiger partial charge in [-0.1, -0.05) is 95.1 Å². The number of rotatable bonds is 13. The Morgan fingerprint density at radius 1 is 0.708 bits per heavy atom. The Balaban J connectivity index is 2.50. The molecular formula is C24H40. The highest BCUT2D eigenvalue weighted by atomic mass is 14.1. The number of benzene rings is 1. The minimum atomic E-state index is 1.28. The molecule has 0 heterocycles. The molecule has 0 unspecified atom stereocenters. The fraction of sp³-hybridized carbons (Fsp3) is 0.667. The molecule has 0 aromatic heterocycles. The van der Waals surface area contributed by atoms with E-state index in [0.29, 0.717) is 0 Å². The van der Waals surface area contributed by atoms with Crippen LogP contribution in [0.1, 0.15) is 109 Å². The van der Waals surface area contributed by atoms with E-state index in [9.17, 15) is 0 Å². The Morgan fingerprint density at radius 2 is 1.25 bits per heavy atom. The normalized spacial score (nSPS) is 12.3. The lowest BCUT2D eigenvalue weighted by molar-refractivity contribution is 0.571. The van der Waals surface area contributed by atoms with Gasteiger partial charge < -0.3 is 0 Å². The highest BCUT2D eigenvalue weighted by molar-refractivity contribution is 5.69. The third-order valence-electron chi connectivity index (χ3n) is 5.24. The first-order valence-corrected chi connectivity index (χ1v) is 10.4. The highest BCUT2D eigenvalue weighted by Crippen LogP contribution is 2.28. The van der Waals surface area contributed by atoms with Crippen molar-refractivity contribution in [1.29, 1.82) is 0 Å². The van der Waals surface area contributed by atoms with Crippen LogP contribution >= 0.6 is 0 Å². The summed E-state index contributed by atoms with van der Waals surface area (Å²) in [6.45, 7) is 9.18. The Labute approximate surface area is 151 Å². The van der Waals surface area contributed by atoms with Crippen molar-refractivity contribution in [3.63, 3.8) is 0 Å². The predicted molar refractivity (Wildman–Crippen MR) is 111 cm³/mol. The maximum Gasteiger partial charge on any atom is -0.0198 e. The second-order valence-electron chi connectivity index (χ2n) is 7.37. The molecule has 0 saturated heterocycles. The molecule has 0 radical (unpaired) electrons. The van der Waals surface area contributed by atoms with Crippen molar-refractivity contribution in [2.24, 2.45) is 0 Å². The number of unbranched alkanes of at least 4 members (excludes halogenated alkanes) is 8. The van der Waals surface area contributed by atoms with Crippen LogP contribution in [0, 0.1) is 6.92 Å². The van der Waals surface area contributed by atoms with Crippen molar-refractivity contribution in [3.05, 3.63) is 41.0 Å². The molecule has 0 heteroatoms. The van der Waals surface area contributed by atoms with Gasteiger partial charge in [0.2, 0.25) is 0 Å². The van der Waals surface area contributed by atoms with Gasteiger partial charge in [-0.3, -0.25) is 0 Å². The summed E-state index contributed by atoms with van der Waals surface area (Å²) in [4.78, 5) is 0. The summed E-state index contributed by atoms with van der Waals surface area (Å²) in [6, 6.07) is 8.87. The van der Waals surface area contributed by atoms with E-state index in [1.807, 2.05) is 0 Å². The third-order valence-corrected chi connectivity index (χ3v) is 5.24. The van der Waals surface area contributed by atoms with Crippen LogP contribution in [0.15, 0.2) is 29.8 Å². The zero-order valence-corrected chi connectivity index (χ0v) is 16.8. The summed E-state index contributed by atoms with van der Waals surface area (Å²) in [5.74, 6) is 0. The van der Waals surface area contributed by atoms with Crippen molar-refractivity contribution in [3.8, 4) is 0 Å². The molecule has 1 rings (SSSR count). The van der Waals surface area contributed by atoms with E-state index in [0.717, 1.165) is 0 Å². The SMILES string of the molecule is CCCCCCCCCCC(CCCC)=C(C)c1ccccc1C. The molecule has 1 aromatic rings. The molecule has 0 aliphatic carbocycles. The largest absolute Gasteiger partial charge is 0.0667 e. The van der Waals surface area contributed by atoms with Gasteiger partial charge in [0.05, 0.1) is 0 Å². The van der Waals surface area contributed by atoms with Crippen LogP contribution in [0.4, 0.5) is 0 Å². The topological polar surface area (TPSA) is 0 Å². The molecule has 0 atom stereocenters. The summed E-state index contributed by atoms with van der Waals surface area (Å²) < 4.78 is 0. The van der Waals surface area contributed by atoms with Crippen LogP contribution in [0.5, 0.6) is 0 Å².